The SMILES string of the molecule is O=C(Nc1cc(-c2nnc3n2CCCCC3)ccc1F)c1ccc(-n2cncn2)cc1. The molecule has 0 spiro atoms. The van der Waals surface area contributed by atoms with E-state index in [9.17, 15) is 9.18 Å². The van der Waals surface area contributed by atoms with Crippen molar-refractivity contribution in [2.75, 3.05) is 5.32 Å². The second-order valence-corrected chi connectivity index (χ2v) is 7.44. The van der Waals surface area contributed by atoms with E-state index in [1.807, 2.05) is 0 Å². The quantitative estimate of drug-likeness (QED) is 0.547. The minimum atomic E-state index is -0.507. The number of hydrogen-bond donors (Lipinski definition) is 1. The minimum absolute atomic E-state index is 0.105. The highest BCUT2D eigenvalue weighted by atomic mass is 19.1. The number of benzene rings is 2. The van der Waals surface area contributed by atoms with Gasteiger partial charge in [0.2, 0.25) is 0 Å². The van der Waals surface area contributed by atoms with E-state index < -0.39 is 11.7 Å². The van der Waals surface area contributed by atoms with Crippen molar-refractivity contribution >= 4 is 11.6 Å². The summed E-state index contributed by atoms with van der Waals surface area (Å²) in [6.45, 7) is 0.842. The van der Waals surface area contributed by atoms with Crippen LogP contribution in [0.1, 0.15) is 35.4 Å². The van der Waals surface area contributed by atoms with Gasteiger partial charge in [-0.2, -0.15) is 5.10 Å². The van der Waals surface area contributed by atoms with E-state index in [1.54, 1.807) is 47.4 Å². The van der Waals surface area contributed by atoms with Crippen molar-refractivity contribution in [3.05, 3.63) is 72.3 Å². The summed E-state index contributed by atoms with van der Waals surface area (Å²) in [6.07, 6.45) is 7.21. The normalized spacial score (nSPS) is 13.5. The van der Waals surface area contributed by atoms with Crippen molar-refractivity contribution in [1.29, 1.82) is 0 Å². The summed E-state index contributed by atoms with van der Waals surface area (Å²) in [5, 5.41) is 15.3. The van der Waals surface area contributed by atoms with Crippen LogP contribution in [0, 0.1) is 5.82 Å². The number of anilines is 1. The summed E-state index contributed by atoms with van der Waals surface area (Å²) in [6, 6.07) is 11.4. The first kappa shape index (κ1) is 19.1. The first-order valence-corrected chi connectivity index (χ1v) is 10.2. The topological polar surface area (TPSA) is 90.5 Å². The van der Waals surface area contributed by atoms with Crippen LogP contribution in [0.4, 0.5) is 10.1 Å². The maximum absolute atomic E-state index is 14.5. The maximum Gasteiger partial charge on any atom is 0.255 e. The zero-order valence-electron chi connectivity index (χ0n) is 16.7. The molecule has 9 heteroatoms. The highest BCUT2D eigenvalue weighted by Gasteiger charge is 2.18. The molecule has 0 bridgehead atoms. The van der Waals surface area contributed by atoms with E-state index in [1.165, 1.54) is 12.4 Å². The van der Waals surface area contributed by atoms with Gasteiger partial charge in [-0.15, -0.1) is 10.2 Å². The lowest BCUT2D eigenvalue weighted by Gasteiger charge is -2.11. The van der Waals surface area contributed by atoms with Crippen molar-refractivity contribution in [3.63, 3.8) is 0 Å². The Morgan fingerprint density at radius 2 is 1.90 bits per heavy atom. The van der Waals surface area contributed by atoms with Crippen LogP contribution >= 0.6 is 0 Å². The summed E-state index contributed by atoms with van der Waals surface area (Å²) in [7, 11) is 0. The Balaban J connectivity index is 1.39. The number of fused-ring (bicyclic) bond motifs is 1. The van der Waals surface area contributed by atoms with Gasteiger partial charge < -0.3 is 9.88 Å². The summed E-state index contributed by atoms with van der Waals surface area (Å²) in [5.41, 5.74) is 2.01. The van der Waals surface area contributed by atoms with Gasteiger partial charge in [-0.05, 0) is 55.3 Å². The molecule has 156 valence electrons. The summed E-state index contributed by atoms with van der Waals surface area (Å²) < 4.78 is 18.1. The highest BCUT2D eigenvalue weighted by Crippen LogP contribution is 2.27. The second kappa shape index (κ2) is 8.10. The number of hydrogen-bond acceptors (Lipinski definition) is 5. The fourth-order valence-corrected chi connectivity index (χ4v) is 3.76. The predicted octanol–water partition coefficient (Wildman–Crippen LogP) is 3.64. The van der Waals surface area contributed by atoms with Gasteiger partial charge in [0, 0.05) is 24.1 Å². The fourth-order valence-electron chi connectivity index (χ4n) is 3.76. The van der Waals surface area contributed by atoms with Crippen molar-refractivity contribution in [1.82, 2.24) is 29.5 Å². The van der Waals surface area contributed by atoms with Gasteiger partial charge in [0.05, 0.1) is 11.4 Å². The Morgan fingerprint density at radius 1 is 1.03 bits per heavy atom. The molecule has 3 heterocycles. The molecular weight excluding hydrogens is 397 g/mol. The molecule has 2 aromatic carbocycles. The van der Waals surface area contributed by atoms with E-state index >= 15 is 0 Å². The molecular formula is C22H20FN7O. The highest BCUT2D eigenvalue weighted by molar-refractivity contribution is 6.04. The lowest BCUT2D eigenvalue weighted by atomic mass is 10.1. The zero-order valence-corrected chi connectivity index (χ0v) is 16.7. The molecule has 0 saturated carbocycles. The fraction of sp³-hybridized carbons (Fsp3) is 0.227. The Labute approximate surface area is 177 Å². The maximum atomic E-state index is 14.5. The number of amides is 1. The molecule has 5 rings (SSSR count). The molecule has 0 saturated heterocycles. The first-order chi connectivity index (χ1) is 15.2. The van der Waals surface area contributed by atoms with E-state index in [-0.39, 0.29) is 5.69 Å². The van der Waals surface area contributed by atoms with Crippen LogP contribution in [0.2, 0.25) is 0 Å². The Kier molecular flexibility index (Phi) is 4.99. The van der Waals surface area contributed by atoms with Crippen LogP contribution in [-0.4, -0.2) is 35.4 Å². The van der Waals surface area contributed by atoms with Gasteiger partial charge in [0.25, 0.3) is 5.91 Å². The van der Waals surface area contributed by atoms with Crippen molar-refractivity contribution < 1.29 is 9.18 Å². The van der Waals surface area contributed by atoms with Crippen LogP contribution in [0.3, 0.4) is 0 Å². The van der Waals surface area contributed by atoms with Gasteiger partial charge in [0.1, 0.15) is 24.3 Å². The molecule has 1 aliphatic rings. The van der Waals surface area contributed by atoms with Crippen molar-refractivity contribution in [2.45, 2.75) is 32.2 Å². The standard InChI is InChI=1S/C22H20FN7O/c23-18-10-7-16(21-28-27-20-4-2-1-3-11-29(20)21)12-19(18)26-22(31)15-5-8-17(9-6-15)30-14-24-13-25-30/h5-10,12-14H,1-4,11H2,(H,26,31). The molecule has 0 unspecified atom stereocenters. The number of halogens is 1. The summed E-state index contributed by atoms with van der Waals surface area (Å²) in [4.78, 5) is 16.6. The molecule has 31 heavy (non-hydrogen) atoms. The molecule has 4 aromatic rings. The lowest BCUT2D eigenvalue weighted by Crippen LogP contribution is -2.13. The third kappa shape index (κ3) is 3.81. The molecule has 0 radical (unpaired) electrons. The van der Waals surface area contributed by atoms with E-state index in [2.05, 4.69) is 30.2 Å². The van der Waals surface area contributed by atoms with Gasteiger partial charge in [-0.25, -0.2) is 14.1 Å². The Hall–Kier alpha value is -3.88. The average molecular weight is 417 g/mol. The molecule has 1 aliphatic heterocycles. The van der Waals surface area contributed by atoms with Crippen LogP contribution in [-0.2, 0) is 13.0 Å². The molecule has 1 N–H and O–H groups in total. The Bertz CT molecular complexity index is 1220. The molecule has 1 amide bonds. The minimum Gasteiger partial charge on any atom is -0.319 e. The lowest BCUT2D eigenvalue weighted by molar-refractivity contribution is 0.102. The smallest absolute Gasteiger partial charge is 0.255 e. The number of carbonyl (C=O) groups excluding carboxylic acids is 1. The van der Waals surface area contributed by atoms with Crippen LogP contribution in [0.25, 0.3) is 17.1 Å². The number of nitrogens with one attached hydrogen (secondary N) is 1. The third-order valence-corrected chi connectivity index (χ3v) is 5.40. The van der Waals surface area contributed by atoms with Gasteiger partial charge in [-0.1, -0.05) is 6.42 Å². The zero-order chi connectivity index (χ0) is 21.2. The average Bonchev–Trinajstić information content (AvgIpc) is 3.41. The molecule has 0 aliphatic carbocycles. The first-order valence-electron chi connectivity index (χ1n) is 10.2. The van der Waals surface area contributed by atoms with Gasteiger partial charge >= 0.3 is 0 Å². The summed E-state index contributed by atoms with van der Waals surface area (Å²) in [5.74, 6) is 0.743. The van der Waals surface area contributed by atoms with Crippen molar-refractivity contribution in [3.8, 4) is 17.1 Å². The molecule has 0 atom stereocenters. The van der Waals surface area contributed by atoms with Crippen LogP contribution < -0.4 is 5.32 Å². The second-order valence-electron chi connectivity index (χ2n) is 7.44. The number of aromatic nitrogens is 6. The van der Waals surface area contributed by atoms with E-state index in [4.69, 9.17) is 0 Å². The number of carbonyl (C=O) groups is 1. The number of aryl methyl sites for hydroxylation is 1. The van der Waals surface area contributed by atoms with E-state index in [0.29, 0.717) is 11.4 Å². The third-order valence-electron chi connectivity index (χ3n) is 5.40. The van der Waals surface area contributed by atoms with Gasteiger partial charge in [-0.3, -0.25) is 4.79 Å². The monoisotopic (exact) mass is 417 g/mol. The molecule has 2 aromatic heterocycles. The van der Waals surface area contributed by atoms with Crippen LogP contribution in [0.5, 0.6) is 0 Å². The number of rotatable bonds is 4. The van der Waals surface area contributed by atoms with E-state index in [0.717, 1.165) is 49.3 Å². The predicted molar refractivity (Wildman–Crippen MR) is 112 cm³/mol. The molecule has 8 nitrogen and oxygen atoms in total. The number of nitrogens with zero attached hydrogens (tertiary/aromatic N) is 6. The van der Waals surface area contributed by atoms with Gasteiger partial charge in [0.15, 0.2) is 5.82 Å². The van der Waals surface area contributed by atoms with Crippen LogP contribution in [0.15, 0.2) is 55.1 Å². The summed E-state index contributed by atoms with van der Waals surface area (Å²) >= 11 is 0. The molecule has 0 fully saturated rings. The van der Waals surface area contributed by atoms with Crippen molar-refractivity contribution in [2.24, 2.45) is 0 Å². The Morgan fingerprint density at radius 3 is 2.71 bits per heavy atom. The largest absolute Gasteiger partial charge is 0.319 e.